The van der Waals surface area contributed by atoms with Crippen molar-refractivity contribution < 1.29 is 4.79 Å². The number of nitrogens with one attached hydrogen (secondary N) is 2. The number of hydrogen-bond donors (Lipinski definition) is 3. The monoisotopic (exact) mass is 322 g/mol. The van der Waals surface area contributed by atoms with Gasteiger partial charge in [0.1, 0.15) is 5.82 Å². The standard InChI is InChI=1S/C15H22N4O2S/c1-10(22-15-18-12(16)9-13(20)19-15)14(21)17-8-7-11-5-3-2-4-6-11/h5,9-10H,2-4,6-8H2,1H3,(H,17,21)(H3,16,18,19,20). The third kappa shape index (κ3) is 5.22. The Bertz CT molecular complexity index is 612. The number of thioether (sulfide) groups is 1. The summed E-state index contributed by atoms with van der Waals surface area (Å²) in [7, 11) is 0. The van der Waals surface area contributed by atoms with Gasteiger partial charge in [-0.15, -0.1) is 0 Å². The third-order valence-corrected chi connectivity index (χ3v) is 4.51. The Morgan fingerprint density at radius 3 is 3.05 bits per heavy atom. The number of anilines is 1. The molecule has 22 heavy (non-hydrogen) atoms. The predicted molar refractivity (Wildman–Crippen MR) is 88.8 cm³/mol. The highest BCUT2D eigenvalue weighted by Gasteiger charge is 2.16. The topological polar surface area (TPSA) is 101 Å². The highest BCUT2D eigenvalue weighted by atomic mass is 32.2. The quantitative estimate of drug-likeness (QED) is 0.421. The molecule has 1 aromatic rings. The van der Waals surface area contributed by atoms with E-state index in [-0.39, 0.29) is 22.5 Å². The molecule has 2 rings (SSSR count). The zero-order valence-corrected chi connectivity index (χ0v) is 13.5. The minimum atomic E-state index is -0.342. The Kier molecular flexibility index (Phi) is 6.06. The summed E-state index contributed by atoms with van der Waals surface area (Å²) in [6, 6.07) is 1.21. The number of H-pyrrole nitrogens is 1. The van der Waals surface area contributed by atoms with E-state index in [4.69, 9.17) is 5.73 Å². The number of nitrogen functional groups attached to an aromatic ring is 1. The van der Waals surface area contributed by atoms with E-state index in [1.54, 1.807) is 6.92 Å². The summed E-state index contributed by atoms with van der Waals surface area (Å²) in [6.45, 7) is 2.43. The number of aromatic nitrogens is 2. The van der Waals surface area contributed by atoms with Gasteiger partial charge in [0.2, 0.25) is 5.91 Å². The fourth-order valence-electron chi connectivity index (χ4n) is 2.35. The maximum Gasteiger partial charge on any atom is 0.253 e. The predicted octanol–water partition coefficient (Wildman–Crippen LogP) is 1.84. The summed E-state index contributed by atoms with van der Waals surface area (Å²) < 4.78 is 0. The van der Waals surface area contributed by atoms with Crippen molar-refractivity contribution in [3.8, 4) is 0 Å². The maximum absolute atomic E-state index is 12.1. The molecule has 1 atom stereocenters. The smallest absolute Gasteiger partial charge is 0.253 e. The molecule has 0 radical (unpaired) electrons. The van der Waals surface area contributed by atoms with E-state index in [9.17, 15) is 9.59 Å². The van der Waals surface area contributed by atoms with Gasteiger partial charge in [-0.1, -0.05) is 23.4 Å². The molecule has 0 spiro atoms. The van der Waals surface area contributed by atoms with Gasteiger partial charge in [-0.25, -0.2) is 4.98 Å². The zero-order chi connectivity index (χ0) is 15.9. The van der Waals surface area contributed by atoms with Crippen molar-refractivity contribution in [3.63, 3.8) is 0 Å². The lowest BCUT2D eigenvalue weighted by Crippen LogP contribution is -2.32. The lowest BCUT2D eigenvalue weighted by atomic mass is 9.97. The number of amides is 1. The first kappa shape index (κ1) is 16.6. The molecule has 1 unspecified atom stereocenters. The largest absolute Gasteiger partial charge is 0.383 e. The Labute approximate surface area is 134 Å². The van der Waals surface area contributed by atoms with Crippen molar-refractivity contribution in [2.45, 2.75) is 49.4 Å². The highest BCUT2D eigenvalue weighted by Crippen LogP contribution is 2.20. The number of carbonyl (C=O) groups is 1. The van der Waals surface area contributed by atoms with Crippen molar-refractivity contribution in [1.82, 2.24) is 15.3 Å². The summed E-state index contributed by atoms with van der Waals surface area (Å²) in [5.41, 5.74) is 6.65. The van der Waals surface area contributed by atoms with Crippen LogP contribution < -0.4 is 16.6 Å². The molecule has 1 aromatic heterocycles. The number of allylic oxidation sites excluding steroid dienone is 1. The van der Waals surface area contributed by atoms with Crippen molar-refractivity contribution in [1.29, 1.82) is 0 Å². The van der Waals surface area contributed by atoms with Crippen molar-refractivity contribution in [3.05, 3.63) is 28.1 Å². The van der Waals surface area contributed by atoms with Crippen LogP contribution in [0.5, 0.6) is 0 Å². The minimum Gasteiger partial charge on any atom is -0.383 e. The summed E-state index contributed by atoms with van der Waals surface area (Å²) >= 11 is 1.19. The summed E-state index contributed by atoms with van der Waals surface area (Å²) in [4.78, 5) is 29.9. The molecule has 120 valence electrons. The molecule has 0 fully saturated rings. The first-order valence-electron chi connectivity index (χ1n) is 7.53. The van der Waals surface area contributed by atoms with Crippen LogP contribution in [0, 0.1) is 0 Å². The lowest BCUT2D eigenvalue weighted by Gasteiger charge is -2.14. The third-order valence-electron chi connectivity index (χ3n) is 3.53. The second-order valence-corrected chi connectivity index (χ2v) is 6.71. The molecule has 1 amide bonds. The molecule has 7 heteroatoms. The summed E-state index contributed by atoms with van der Waals surface area (Å²) in [6.07, 6.45) is 8.03. The van der Waals surface area contributed by atoms with Crippen LogP contribution in [0.25, 0.3) is 0 Å². The van der Waals surface area contributed by atoms with Crippen molar-refractivity contribution in [2.24, 2.45) is 0 Å². The van der Waals surface area contributed by atoms with Crippen LogP contribution in [-0.2, 0) is 4.79 Å². The number of rotatable bonds is 6. The second-order valence-electron chi connectivity index (χ2n) is 5.38. The molecule has 1 aliphatic rings. The van der Waals surface area contributed by atoms with Crippen molar-refractivity contribution >= 4 is 23.5 Å². The molecule has 4 N–H and O–H groups in total. The molecule has 0 bridgehead atoms. The fraction of sp³-hybridized carbons (Fsp3) is 0.533. The molecular weight excluding hydrogens is 300 g/mol. The van der Waals surface area contributed by atoms with Gasteiger partial charge in [0.15, 0.2) is 5.16 Å². The SMILES string of the molecule is CC(Sc1nc(N)cc(=O)[nH]1)C(=O)NCCC1=CCCCC1. The zero-order valence-electron chi connectivity index (χ0n) is 12.7. The van der Waals surface area contributed by atoms with Crippen LogP contribution in [0.1, 0.15) is 39.0 Å². The maximum atomic E-state index is 12.1. The van der Waals surface area contributed by atoms with Gasteiger partial charge in [0.05, 0.1) is 5.25 Å². The van der Waals surface area contributed by atoms with E-state index in [1.807, 2.05) is 0 Å². The molecule has 0 aliphatic heterocycles. The number of aromatic amines is 1. The Balaban J connectivity index is 1.79. The highest BCUT2D eigenvalue weighted by molar-refractivity contribution is 8.00. The van der Waals surface area contributed by atoms with Gasteiger partial charge in [-0.2, -0.15) is 0 Å². The van der Waals surface area contributed by atoms with E-state index >= 15 is 0 Å². The number of carbonyl (C=O) groups excluding carboxylic acids is 1. The second kappa shape index (κ2) is 8.03. The van der Waals surface area contributed by atoms with E-state index in [1.165, 1.54) is 36.2 Å². The summed E-state index contributed by atoms with van der Waals surface area (Å²) in [5, 5.41) is 2.95. The molecule has 1 heterocycles. The minimum absolute atomic E-state index is 0.0634. The molecule has 0 saturated carbocycles. The molecular formula is C15H22N4O2S. The first-order chi connectivity index (χ1) is 10.5. The van der Waals surface area contributed by atoms with Crippen LogP contribution in [0.2, 0.25) is 0 Å². The Morgan fingerprint density at radius 2 is 2.36 bits per heavy atom. The average molecular weight is 322 g/mol. The first-order valence-corrected chi connectivity index (χ1v) is 8.41. The van der Waals surface area contributed by atoms with Crippen molar-refractivity contribution in [2.75, 3.05) is 12.3 Å². The van der Waals surface area contributed by atoms with Crippen LogP contribution in [0.15, 0.2) is 27.7 Å². The van der Waals surface area contributed by atoms with Crippen LogP contribution in [0.4, 0.5) is 5.82 Å². The van der Waals surface area contributed by atoms with Gasteiger partial charge < -0.3 is 16.0 Å². The lowest BCUT2D eigenvalue weighted by molar-refractivity contribution is -0.120. The fourth-order valence-corrected chi connectivity index (χ4v) is 3.19. The number of hydrogen-bond acceptors (Lipinski definition) is 5. The van der Waals surface area contributed by atoms with E-state index in [2.05, 4.69) is 21.4 Å². The average Bonchev–Trinajstić information content (AvgIpc) is 2.47. The van der Waals surface area contributed by atoms with Gasteiger partial charge in [-0.3, -0.25) is 9.59 Å². The van der Waals surface area contributed by atoms with Gasteiger partial charge in [-0.05, 0) is 39.0 Å². The molecule has 6 nitrogen and oxygen atoms in total. The van der Waals surface area contributed by atoms with Gasteiger partial charge >= 0.3 is 0 Å². The molecule has 0 aromatic carbocycles. The number of nitrogens with two attached hydrogens (primary N) is 1. The molecule has 0 saturated heterocycles. The van der Waals surface area contributed by atoms with Crippen LogP contribution >= 0.6 is 11.8 Å². The molecule has 1 aliphatic carbocycles. The summed E-state index contributed by atoms with van der Waals surface area (Å²) in [5.74, 6) is 0.0922. The van der Waals surface area contributed by atoms with Crippen LogP contribution in [-0.4, -0.2) is 27.7 Å². The Hall–Kier alpha value is -1.76. The van der Waals surface area contributed by atoms with Gasteiger partial charge in [0, 0.05) is 12.6 Å². The normalized spacial score (nSPS) is 16.0. The Morgan fingerprint density at radius 1 is 1.55 bits per heavy atom. The van der Waals surface area contributed by atoms with E-state index in [0.717, 1.165) is 19.3 Å². The number of nitrogens with zero attached hydrogens (tertiary/aromatic N) is 1. The van der Waals surface area contributed by atoms with E-state index in [0.29, 0.717) is 11.7 Å². The van der Waals surface area contributed by atoms with Crippen LogP contribution in [0.3, 0.4) is 0 Å². The van der Waals surface area contributed by atoms with Gasteiger partial charge in [0.25, 0.3) is 5.56 Å². The van der Waals surface area contributed by atoms with E-state index < -0.39 is 0 Å².